The fourth-order valence-corrected chi connectivity index (χ4v) is 5.74. The molecule has 3 N–H and O–H groups in total. The summed E-state index contributed by atoms with van der Waals surface area (Å²) in [5.41, 5.74) is 0. The second-order valence-electron chi connectivity index (χ2n) is 13.2. The fourth-order valence-electron chi connectivity index (χ4n) is 5.74. The van der Waals surface area contributed by atoms with Gasteiger partial charge in [0.05, 0.1) is 18.8 Å². The third-order valence-electron chi connectivity index (χ3n) is 9.06. The zero-order valence-electron chi connectivity index (χ0n) is 28.7. The van der Waals surface area contributed by atoms with Gasteiger partial charge in [0.15, 0.2) is 0 Å². The van der Waals surface area contributed by atoms with Crippen LogP contribution in [-0.4, -0.2) is 34.9 Å². The third kappa shape index (κ3) is 29.2. The topological polar surface area (TPSA) is 69.6 Å². The molecule has 0 aliphatic carbocycles. The molecule has 0 bridgehead atoms. The number of aliphatic hydroxyl groups excluding tert-OH is 2. The molecule has 0 rings (SSSR count). The maximum absolute atomic E-state index is 12.3. The number of carbonyl (C=O) groups is 1. The molecule has 0 radical (unpaired) electrons. The first-order chi connectivity index (χ1) is 20.5. The van der Waals surface area contributed by atoms with Crippen LogP contribution in [0, 0.1) is 5.92 Å². The molecule has 0 spiro atoms. The van der Waals surface area contributed by atoms with Gasteiger partial charge in [-0.1, -0.05) is 187 Å². The van der Waals surface area contributed by atoms with E-state index < -0.39 is 12.1 Å². The SMILES string of the molecule is CCCCCCCCCCCCCCCCCCCCC(=O)N[C@@H](CO)[C@H](O)/C=C/CCCCCCCCC(C)CC. The first-order valence-electron chi connectivity index (χ1n) is 18.8. The molecule has 0 aromatic carbocycles. The fraction of sp³-hybridized carbons (Fsp3) is 0.921. The molecule has 1 unspecified atom stereocenters. The Morgan fingerprint density at radius 3 is 1.52 bits per heavy atom. The number of aliphatic hydroxyl groups is 2. The first kappa shape index (κ1) is 41.1. The number of rotatable bonds is 33. The number of unbranched alkanes of at least 4 members (excludes halogenated alkanes) is 23. The molecule has 0 aromatic heterocycles. The van der Waals surface area contributed by atoms with Crippen LogP contribution in [0.3, 0.4) is 0 Å². The maximum atomic E-state index is 12.3. The van der Waals surface area contributed by atoms with E-state index in [1.807, 2.05) is 6.08 Å². The van der Waals surface area contributed by atoms with Crippen molar-refractivity contribution in [3.63, 3.8) is 0 Å². The Morgan fingerprint density at radius 1 is 0.643 bits per heavy atom. The molecular weight excluding hydrogens is 518 g/mol. The first-order valence-corrected chi connectivity index (χ1v) is 18.8. The zero-order chi connectivity index (χ0) is 30.9. The number of carbonyl (C=O) groups excluding carboxylic acids is 1. The minimum atomic E-state index is -0.833. The van der Waals surface area contributed by atoms with Crippen molar-refractivity contribution in [2.45, 2.75) is 213 Å². The van der Waals surface area contributed by atoms with Gasteiger partial charge in [-0.2, -0.15) is 0 Å². The predicted molar refractivity (Wildman–Crippen MR) is 184 cm³/mol. The van der Waals surface area contributed by atoms with Crippen molar-refractivity contribution in [1.82, 2.24) is 5.32 Å². The highest BCUT2D eigenvalue weighted by Gasteiger charge is 2.17. The molecule has 4 heteroatoms. The van der Waals surface area contributed by atoms with Crippen LogP contribution in [0.5, 0.6) is 0 Å². The lowest BCUT2D eigenvalue weighted by molar-refractivity contribution is -0.123. The van der Waals surface area contributed by atoms with Crippen molar-refractivity contribution in [2.75, 3.05) is 6.61 Å². The summed E-state index contributed by atoms with van der Waals surface area (Å²) in [4.78, 5) is 12.3. The van der Waals surface area contributed by atoms with Crippen molar-refractivity contribution in [3.8, 4) is 0 Å². The van der Waals surface area contributed by atoms with Crippen LogP contribution in [0.2, 0.25) is 0 Å². The smallest absolute Gasteiger partial charge is 0.220 e. The van der Waals surface area contributed by atoms with Gasteiger partial charge in [0.25, 0.3) is 0 Å². The van der Waals surface area contributed by atoms with Crippen LogP contribution < -0.4 is 5.32 Å². The normalized spacial score (nSPS) is 13.9. The molecule has 0 aliphatic rings. The van der Waals surface area contributed by atoms with Crippen LogP contribution in [0.1, 0.15) is 201 Å². The van der Waals surface area contributed by atoms with Crippen molar-refractivity contribution in [2.24, 2.45) is 5.92 Å². The number of allylic oxidation sites excluding steroid dienone is 1. The molecule has 250 valence electrons. The van der Waals surface area contributed by atoms with Gasteiger partial charge in [-0.05, 0) is 25.2 Å². The molecule has 0 heterocycles. The van der Waals surface area contributed by atoms with Crippen molar-refractivity contribution >= 4 is 5.91 Å². The van der Waals surface area contributed by atoms with Crippen LogP contribution in [0.25, 0.3) is 0 Å². The number of hydrogen-bond donors (Lipinski definition) is 3. The average molecular weight is 594 g/mol. The van der Waals surface area contributed by atoms with Gasteiger partial charge in [-0.3, -0.25) is 4.79 Å². The zero-order valence-corrected chi connectivity index (χ0v) is 28.7. The highest BCUT2D eigenvalue weighted by atomic mass is 16.3. The van der Waals surface area contributed by atoms with E-state index in [0.29, 0.717) is 6.42 Å². The summed E-state index contributed by atoms with van der Waals surface area (Å²) < 4.78 is 0. The molecule has 4 nitrogen and oxygen atoms in total. The lowest BCUT2D eigenvalue weighted by Crippen LogP contribution is -2.45. The Hall–Kier alpha value is -0.870. The molecule has 1 amide bonds. The molecule has 0 fully saturated rings. The summed E-state index contributed by atoms with van der Waals surface area (Å²) in [5.74, 6) is 0.800. The van der Waals surface area contributed by atoms with E-state index in [1.54, 1.807) is 6.08 Å². The summed E-state index contributed by atoms with van der Waals surface area (Å²) in [6.07, 6.45) is 38.6. The van der Waals surface area contributed by atoms with Gasteiger partial charge in [0, 0.05) is 6.42 Å². The highest BCUT2D eigenvalue weighted by Crippen LogP contribution is 2.16. The minimum absolute atomic E-state index is 0.0636. The Kier molecular flexibility index (Phi) is 32.3. The van der Waals surface area contributed by atoms with E-state index in [-0.39, 0.29) is 12.5 Å². The predicted octanol–water partition coefficient (Wildman–Crippen LogP) is 11.0. The lowest BCUT2D eigenvalue weighted by Gasteiger charge is -2.20. The Labute approximate surface area is 263 Å². The average Bonchev–Trinajstić information content (AvgIpc) is 2.99. The summed E-state index contributed by atoms with van der Waals surface area (Å²) in [7, 11) is 0. The number of amides is 1. The summed E-state index contributed by atoms with van der Waals surface area (Å²) >= 11 is 0. The monoisotopic (exact) mass is 594 g/mol. The van der Waals surface area contributed by atoms with E-state index in [4.69, 9.17) is 0 Å². The summed E-state index contributed by atoms with van der Waals surface area (Å²) in [6, 6.07) is -0.616. The van der Waals surface area contributed by atoms with Gasteiger partial charge in [-0.15, -0.1) is 0 Å². The largest absolute Gasteiger partial charge is 0.394 e. The quantitative estimate of drug-likeness (QED) is 0.0523. The molecule has 0 aliphatic heterocycles. The number of hydrogen-bond acceptors (Lipinski definition) is 3. The minimum Gasteiger partial charge on any atom is -0.394 e. The Balaban J connectivity index is 3.58. The van der Waals surface area contributed by atoms with Crippen molar-refractivity contribution in [3.05, 3.63) is 12.2 Å². The van der Waals surface area contributed by atoms with Crippen molar-refractivity contribution < 1.29 is 15.0 Å². The molecule has 0 aromatic rings. The van der Waals surface area contributed by atoms with E-state index in [2.05, 4.69) is 26.1 Å². The Morgan fingerprint density at radius 2 is 1.07 bits per heavy atom. The third-order valence-corrected chi connectivity index (χ3v) is 9.06. The van der Waals surface area contributed by atoms with Crippen molar-refractivity contribution in [1.29, 1.82) is 0 Å². The van der Waals surface area contributed by atoms with E-state index >= 15 is 0 Å². The van der Waals surface area contributed by atoms with E-state index in [1.165, 1.54) is 148 Å². The van der Waals surface area contributed by atoms with Crippen LogP contribution in [-0.2, 0) is 4.79 Å². The molecular formula is C38H75NO3. The second-order valence-corrected chi connectivity index (χ2v) is 13.2. The maximum Gasteiger partial charge on any atom is 0.220 e. The van der Waals surface area contributed by atoms with Crippen LogP contribution in [0.15, 0.2) is 12.2 Å². The van der Waals surface area contributed by atoms with Gasteiger partial charge in [-0.25, -0.2) is 0 Å². The van der Waals surface area contributed by atoms with Gasteiger partial charge in [0.1, 0.15) is 0 Å². The van der Waals surface area contributed by atoms with Gasteiger partial charge < -0.3 is 15.5 Å². The van der Waals surface area contributed by atoms with E-state index in [9.17, 15) is 15.0 Å². The highest BCUT2D eigenvalue weighted by molar-refractivity contribution is 5.76. The molecule has 0 saturated carbocycles. The lowest BCUT2D eigenvalue weighted by atomic mass is 10.00. The van der Waals surface area contributed by atoms with Crippen LogP contribution in [0.4, 0.5) is 0 Å². The van der Waals surface area contributed by atoms with Gasteiger partial charge >= 0.3 is 0 Å². The summed E-state index contributed by atoms with van der Waals surface area (Å²) in [6.45, 7) is 6.66. The molecule has 42 heavy (non-hydrogen) atoms. The molecule has 3 atom stereocenters. The number of nitrogens with one attached hydrogen (secondary N) is 1. The van der Waals surface area contributed by atoms with Crippen LogP contribution >= 0.6 is 0 Å². The standard InChI is InChI=1S/C38H75NO3/c1-4-6-7-8-9-10-11-12-13-14-15-16-17-18-19-24-27-30-33-38(42)39-36(34-40)37(41)32-29-26-23-21-20-22-25-28-31-35(3)5-2/h29,32,35-37,40-41H,4-28,30-31,33-34H2,1-3H3,(H,39,42)/b32-29+/t35?,36-,37+/m0/s1. The molecule has 0 saturated heterocycles. The van der Waals surface area contributed by atoms with Gasteiger partial charge in [0.2, 0.25) is 5.91 Å². The van der Waals surface area contributed by atoms with E-state index in [0.717, 1.165) is 31.6 Å². The summed E-state index contributed by atoms with van der Waals surface area (Å²) in [5, 5.41) is 22.9. The Bertz CT molecular complexity index is 579. The second kappa shape index (κ2) is 33.0.